The van der Waals surface area contributed by atoms with Gasteiger partial charge in [-0.2, -0.15) is 13.2 Å². The first kappa shape index (κ1) is 28.3. The van der Waals surface area contributed by atoms with E-state index in [0.717, 1.165) is 12.0 Å². The zero-order valence-corrected chi connectivity index (χ0v) is 20.2. The van der Waals surface area contributed by atoms with Crippen LogP contribution in [0.4, 0.5) is 13.2 Å². The fourth-order valence-corrected chi connectivity index (χ4v) is 2.34. The Bertz CT molecular complexity index is 685. The number of benzene rings is 1. The van der Waals surface area contributed by atoms with Gasteiger partial charge in [-0.15, -0.1) is 24.0 Å². The van der Waals surface area contributed by atoms with E-state index in [0.29, 0.717) is 31.0 Å². The number of aliphatic imine (C=N–C) groups is 1. The maximum absolute atomic E-state index is 12.5. The third kappa shape index (κ3) is 12.1. The van der Waals surface area contributed by atoms with Gasteiger partial charge < -0.3 is 20.7 Å². The van der Waals surface area contributed by atoms with Gasteiger partial charge in [-0.05, 0) is 38.8 Å². The largest absolute Gasteiger partial charge is 0.484 e. The molecule has 0 bridgehead atoms. The molecule has 0 aliphatic heterocycles. The van der Waals surface area contributed by atoms with Gasteiger partial charge in [-0.1, -0.05) is 19.1 Å². The van der Waals surface area contributed by atoms with E-state index in [9.17, 15) is 18.0 Å². The molecule has 172 valence electrons. The van der Waals surface area contributed by atoms with Crippen molar-refractivity contribution < 1.29 is 22.7 Å². The molecule has 0 saturated heterocycles. The Morgan fingerprint density at radius 3 is 2.53 bits per heavy atom. The lowest BCUT2D eigenvalue weighted by Gasteiger charge is -2.15. The molecule has 0 aliphatic rings. The Morgan fingerprint density at radius 1 is 1.23 bits per heavy atom. The second-order valence-electron chi connectivity index (χ2n) is 6.76. The van der Waals surface area contributed by atoms with Crippen molar-refractivity contribution in [2.24, 2.45) is 4.99 Å². The highest BCUT2D eigenvalue weighted by atomic mass is 127. The predicted molar refractivity (Wildman–Crippen MR) is 123 cm³/mol. The molecule has 1 atom stereocenters. The van der Waals surface area contributed by atoms with Crippen molar-refractivity contribution in [1.29, 1.82) is 0 Å². The van der Waals surface area contributed by atoms with E-state index in [4.69, 9.17) is 4.74 Å². The van der Waals surface area contributed by atoms with E-state index in [1.54, 1.807) is 25.1 Å². The SMILES string of the molecule is CCNC(=NCc1ccc(C)cc1OCC(F)(F)F)NCCC(=O)NC(C)CC.I. The second kappa shape index (κ2) is 14.3. The third-order valence-corrected chi connectivity index (χ3v) is 4.03. The summed E-state index contributed by atoms with van der Waals surface area (Å²) in [4.78, 5) is 16.2. The summed E-state index contributed by atoms with van der Waals surface area (Å²) in [6.07, 6.45) is -3.26. The van der Waals surface area contributed by atoms with Gasteiger partial charge in [0.05, 0.1) is 6.54 Å². The first-order valence-corrected chi connectivity index (χ1v) is 9.75. The normalized spacial score (nSPS) is 12.6. The number of halogens is 4. The summed E-state index contributed by atoms with van der Waals surface area (Å²) in [5.74, 6) is 0.588. The molecule has 1 rings (SSSR count). The number of hydrogen-bond donors (Lipinski definition) is 3. The standard InChI is InChI=1S/C20H31F3N4O2.HI/c1-5-15(4)27-18(28)9-10-25-19(24-6-2)26-12-16-8-7-14(3)11-17(16)29-13-20(21,22)23;/h7-8,11,15H,5-6,9-10,12-13H2,1-4H3,(H,27,28)(H2,24,25,26);1H. The fourth-order valence-electron chi connectivity index (χ4n) is 2.34. The molecule has 6 nitrogen and oxygen atoms in total. The molecule has 1 amide bonds. The van der Waals surface area contributed by atoms with Crippen LogP contribution in [0.15, 0.2) is 23.2 Å². The molecule has 3 N–H and O–H groups in total. The summed E-state index contributed by atoms with van der Waals surface area (Å²) in [6, 6.07) is 5.19. The van der Waals surface area contributed by atoms with Crippen LogP contribution in [0.3, 0.4) is 0 Å². The molecule has 1 aromatic rings. The van der Waals surface area contributed by atoms with Crippen LogP contribution in [0.2, 0.25) is 0 Å². The Balaban J connectivity index is 0.00000841. The highest BCUT2D eigenvalue weighted by Crippen LogP contribution is 2.24. The van der Waals surface area contributed by atoms with Crippen LogP contribution < -0.4 is 20.7 Å². The van der Waals surface area contributed by atoms with Crippen LogP contribution in [-0.2, 0) is 11.3 Å². The highest BCUT2D eigenvalue weighted by Gasteiger charge is 2.28. The first-order chi connectivity index (χ1) is 13.6. The minimum Gasteiger partial charge on any atom is -0.484 e. The van der Waals surface area contributed by atoms with Gasteiger partial charge in [0.2, 0.25) is 5.91 Å². The molecule has 1 aromatic carbocycles. The molecule has 0 aliphatic carbocycles. The maximum atomic E-state index is 12.5. The predicted octanol–water partition coefficient (Wildman–Crippen LogP) is 3.91. The number of ether oxygens (including phenoxy) is 1. The van der Waals surface area contributed by atoms with E-state index in [2.05, 4.69) is 20.9 Å². The van der Waals surface area contributed by atoms with Crippen LogP contribution >= 0.6 is 24.0 Å². The highest BCUT2D eigenvalue weighted by molar-refractivity contribution is 14.0. The average molecular weight is 544 g/mol. The minimum absolute atomic E-state index is 0. The van der Waals surface area contributed by atoms with Gasteiger partial charge in [0, 0.05) is 31.1 Å². The second-order valence-corrected chi connectivity index (χ2v) is 6.76. The number of aryl methyl sites for hydroxylation is 1. The summed E-state index contributed by atoms with van der Waals surface area (Å²) >= 11 is 0. The minimum atomic E-state index is -4.41. The van der Waals surface area contributed by atoms with Crippen molar-refractivity contribution in [2.75, 3.05) is 19.7 Å². The van der Waals surface area contributed by atoms with E-state index in [1.165, 1.54) is 0 Å². The number of carbonyl (C=O) groups is 1. The van der Waals surface area contributed by atoms with Crippen molar-refractivity contribution in [3.05, 3.63) is 29.3 Å². The van der Waals surface area contributed by atoms with Crippen LogP contribution in [-0.4, -0.2) is 43.8 Å². The number of nitrogens with one attached hydrogen (secondary N) is 3. The molecule has 0 saturated carbocycles. The van der Waals surface area contributed by atoms with Gasteiger partial charge >= 0.3 is 6.18 Å². The van der Waals surface area contributed by atoms with E-state index in [-0.39, 0.29) is 48.2 Å². The molecule has 0 fully saturated rings. The molecule has 0 aromatic heterocycles. The Morgan fingerprint density at radius 2 is 1.93 bits per heavy atom. The van der Waals surface area contributed by atoms with Crippen molar-refractivity contribution in [3.63, 3.8) is 0 Å². The van der Waals surface area contributed by atoms with E-state index >= 15 is 0 Å². The maximum Gasteiger partial charge on any atom is 0.422 e. The monoisotopic (exact) mass is 544 g/mol. The molecule has 0 heterocycles. The van der Waals surface area contributed by atoms with Crippen LogP contribution in [0.5, 0.6) is 5.75 Å². The lowest BCUT2D eigenvalue weighted by Crippen LogP contribution is -2.40. The number of carbonyl (C=O) groups excluding carboxylic acids is 1. The average Bonchev–Trinajstić information content (AvgIpc) is 2.64. The number of rotatable bonds is 10. The Kier molecular flexibility index (Phi) is 13.5. The van der Waals surface area contributed by atoms with Gasteiger partial charge in [-0.25, -0.2) is 4.99 Å². The number of amides is 1. The summed E-state index contributed by atoms with van der Waals surface area (Å²) in [5.41, 5.74) is 1.35. The van der Waals surface area contributed by atoms with Crippen molar-refractivity contribution in [1.82, 2.24) is 16.0 Å². The molecule has 10 heteroatoms. The van der Waals surface area contributed by atoms with Crippen LogP contribution in [0.25, 0.3) is 0 Å². The quantitative estimate of drug-likeness (QED) is 0.237. The molecule has 1 unspecified atom stereocenters. The molecular weight excluding hydrogens is 512 g/mol. The topological polar surface area (TPSA) is 74.8 Å². The first-order valence-electron chi connectivity index (χ1n) is 9.75. The summed E-state index contributed by atoms with van der Waals surface area (Å²) in [5, 5.41) is 8.99. The van der Waals surface area contributed by atoms with Gasteiger partial charge in [0.15, 0.2) is 12.6 Å². The van der Waals surface area contributed by atoms with Gasteiger partial charge in [0.25, 0.3) is 0 Å². The Hall–Kier alpha value is -1.72. The van der Waals surface area contributed by atoms with Crippen molar-refractivity contribution in [3.8, 4) is 5.75 Å². The zero-order valence-electron chi connectivity index (χ0n) is 17.9. The van der Waals surface area contributed by atoms with Crippen LogP contribution in [0, 0.1) is 6.92 Å². The van der Waals surface area contributed by atoms with Gasteiger partial charge in [-0.3, -0.25) is 4.79 Å². The van der Waals surface area contributed by atoms with Crippen molar-refractivity contribution in [2.45, 2.75) is 59.3 Å². The van der Waals surface area contributed by atoms with Gasteiger partial charge in [0.1, 0.15) is 5.75 Å². The number of alkyl halides is 3. The fraction of sp³-hybridized carbons (Fsp3) is 0.600. The summed E-state index contributed by atoms with van der Waals surface area (Å²) in [6.45, 7) is 7.40. The molecular formula is C20H32F3IN4O2. The van der Waals surface area contributed by atoms with Crippen molar-refractivity contribution >= 4 is 35.8 Å². The lowest BCUT2D eigenvalue weighted by atomic mass is 10.1. The van der Waals surface area contributed by atoms with E-state index < -0.39 is 12.8 Å². The van der Waals surface area contributed by atoms with E-state index in [1.807, 2.05) is 20.8 Å². The molecule has 0 spiro atoms. The molecule has 30 heavy (non-hydrogen) atoms. The lowest BCUT2D eigenvalue weighted by molar-refractivity contribution is -0.153. The Labute approximate surface area is 193 Å². The third-order valence-electron chi connectivity index (χ3n) is 4.03. The zero-order chi connectivity index (χ0) is 21.9. The van der Waals surface area contributed by atoms with Crippen LogP contribution in [0.1, 0.15) is 44.7 Å². The summed E-state index contributed by atoms with van der Waals surface area (Å²) in [7, 11) is 0. The number of hydrogen-bond acceptors (Lipinski definition) is 3. The number of nitrogens with zero attached hydrogens (tertiary/aromatic N) is 1. The molecule has 0 radical (unpaired) electrons. The summed E-state index contributed by atoms with van der Waals surface area (Å²) < 4.78 is 42.4. The number of guanidine groups is 1. The smallest absolute Gasteiger partial charge is 0.422 e.